The summed E-state index contributed by atoms with van der Waals surface area (Å²) in [5.74, 6) is -0.492. The van der Waals surface area contributed by atoms with Gasteiger partial charge in [0.1, 0.15) is 29.2 Å². The summed E-state index contributed by atoms with van der Waals surface area (Å²) in [6.07, 6.45) is 8.44. The molecule has 2 aliphatic carbocycles. The Balaban J connectivity index is 1.36. The van der Waals surface area contributed by atoms with Gasteiger partial charge in [-0.25, -0.2) is 9.78 Å². The number of hydrogen-bond donors (Lipinski definition) is 4. The van der Waals surface area contributed by atoms with Crippen LogP contribution in [0.5, 0.6) is 11.6 Å². The maximum Gasteiger partial charge on any atom is 0.407 e. The number of aromatic nitrogens is 1. The molecule has 6 rings (SSSR count). The molecule has 4 bridgehead atoms. The quantitative estimate of drug-likeness (QED) is 0.319. The van der Waals surface area contributed by atoms with Crippen molar-refractivity contribution in [1.82, 2.24) is 20.5 Å². The topological polar surface area (TPSA) is 177 Å². The van der Waals surface area contributed by atoms with Crippen molar-refractivity contribution in [2.24, 2.45) is 11.8 Å². The summed E-state index contributed by atoms with van der Waals surface area (Å²) in [5.41, 5.74) is 0.982. The summed E-state index contributed by atoms with van der Waals surface area (Å²) in [6, 6.07) is 3.82. The fourth-order valence-corrected chi connectivity index (χ4v) is 9.24. The van der Waals surface area contributed by atoms with E-state index in [4.69, 9.17) is 14.2 Å². The second-order valence-electron chi connectivity index (χ2n) is 13.7. The normalized spacial score (nSPS) is 29.0. The fourth-order valence-electron chi connectivity index (χ4n) is 7.86. The average molecular weight is 687 g/mol. The van der Waals surface area contributed by atoms with Gasteiger partial charge in [0.05, 0.1) is 20.3 Å². The van der Waals surface area contributed by atoms with Gasteiger partial charge >= 0.3 is 13.7 Å². The molecule has 4 N–H and O–H groups in total. The molecule has 1 aromatic heterocycles. The van der Waals surface area contributed by atoms with Crippen LogP contribution < -0.4 is 20.1 Å². The maximum absolute atomic E-state index is 14.5. The summed E-state index contributed by atoms with van der Waals surface area (Å²) in [4.78, 5) is 68.0. The Labute approximate surface area is 280 Å². The van der Waals surface area contributed by atoms with E-state index in [9.17, 15) is 28.7 Å². The lowest BCUT2D eigenvalue weighted by atomic mass is 9.83. The van der Waals surface area contributed by atoms with Gasteiger partial charge in [-0.1, -0.05) is 32.6 Å². The third-order valence-electron chi connectivity index (χ3n) is 10.7. The molecular weight excluding hydrogens is 639 g/mol. The highest BCUT2D eigenvalue weighted by Gasteiger charge is 2.66. The molecule has 262 valence electrons. The van der Waals surface area contributed by atoms with E-state index in [2.05, 4.69) is 15.6 Å². The van der Waals surface area contributed by atoms with Crippen LogP contribution in [0.2, 0.25) is 0 Å². The first kappa shape index (κ1) is 34.5. The minimum absolute atomic E-state index is 0.0259. The molecule has 0 radical (unpaired) electrons. The number of benzene rings is 1. The lowest BCUT2D eigenvalue weighted by Crippen LogP contribution is -2.57. The first-order chi connectivity index (χ1) is 23.0. The Morgan fingerprint density at radius 2 is 1.94 bits per heavy atom. The third kappa shape index (κ3) is 7.00. The van der Waals surface area contributed by atoms with Crippen molar-refractivity contribution in [1.29, 1.82) is 0 Å². The van der Waals surface area contributed by atoms with Gasteiger partial charge in [-0.3, -0.25) is 14.2 Å². The summed E-state index contributed by atoms with van der Waals surface area (Å²) in [6.45, 7) is 2.05. The largest absolute Gasteiger partial charge is 0.496 e. The first-order valence-corrected chi connectivity index (χ1v) is 18.9. The van der Waals surface area contributed by atoms with Gasteiger partial charge in [0, 0.05) is 18.0 Å². The molecule has 3 heterocycles. The molecule has 1 aromatic carbocycles. The van der Waals surface area contributed by atoms with Crippen molar-refractivity contribution in [3.63, 3.8) is 0 Å². The van der Waals surface area contributed by atoms with Gasteiger partial charge in [-0.15, -0.1) is 0 Å². The average Bonchev–Trinajstić information content (AvgIpc) is 3.65. The van der Waals surface area contributed by atoms with Gasteiger partial charge < -0.3 is 39.5 Å². The number of nitrogens with zero attached hydrogens (tertiary/aromatic N) is 2. The molecule has 13 nitrogen and oxygen atoms in total. The Hall–Kier alpha value is -3.41. The number of carbonyl (C=O) groups is 3. The van der Waals surface area contributed by atoms with Gasteiger partial charge in [0.15, 0.2) is 0 Å². The Kier molecular flexibility index (Phi) is 10.2. The zero-order valence-electron chi connectivity index (χ0n) is 27.7. The highest BCUT2D eigenvalue weighted by Crippen LogP contribution is 2.67. The van der Waals surface area contributed by atoms with E-state index in [1.165, 1.54) is 4.90 Å². The van der Waals surface area contributed by atoms with E-state index >= 15 is 0 Å². The van der Waals surface area contributed by atoms with Crippen LogP contribution in [0.1, 0.15) is 83.1 Å². The number of ether oxygens (including phenoxy) is 3. The molecule has 4 aliphatic rings. The summed E-state index contributed by atoms with van der Waals surface area (Å²) < 4.78 is 30.3. The highest BCUT2D eigenvalue weighted by atomic mass is 31.2. The molecular formula is C34H47N4O9P. The van der Waals surface area contributed by atoms with Crippen LogP contribution in [0.25, 0.3) is 10.8 Å². The van der Waals surface area contributed by atoms with Crippen LogP contribution in [0.3, 0.4) is 0 Å². The van der Waals surface area contributed by atoms with Gasteiger partial charge in [-0.05, 0) is 85.9 Å². The van der Waals surface area contributed by atoms with E-state index < -0.39 is 49.0 Å². The minimum atomic E-state index is -4.71. The number of carbonyl (C=O) groups excluding carboxylic acids is 3. The van der Waals surface area contributed by atoms with Crippen molar-refractivity contribution < 1.29 is 42.9 Å². The molecule has 2 aliphatic heterocycles. The van der Waals surface area contributed by atoms with Crippen molar-refractivity contribution in [3.05, 3.63) is 30.0 Å². The molecule has 0 spiro atoms. The highest BCUT2D eigenvalue weighted by molar-refractivity contribution is 7.54. The number of fused-ring (bicyclic) bond motifs is 3. The number of pyridine rings is 1. The van der Waals surface area contributed by atoms with E-state index in [1.807, 2.05) is 25.1 Å². The second-order valence-corrected chi connectivity index (χ2v) is 15.6. The number of methoxy groups -OCH3 is 1. The third-order valence-corrected chi connectivity index (χ3v) is 12.4. The van der Waals surface area contributed by atoms with Crippen LogP contribution in [-0.2, 0) is 25.3 Å². The predicted molar refractivity (Wildman–Crippen MR) is 177 cm³/mol. The number of nitrogens with one attached hydrogen (secondary N) is 2. The zero-order valence-corrected chi connectivity index (χ0v) is 28.6. The maximum atomic E-state index is 14.5. The van der Waals surface area contributed by atoms with E-state index in [1.54, 1.807) is 13.3 Å². The van der Waals surface area contributed by atoms with Crippen molar-refractivity contribution in [3.8, 4) is 11.6 Å². The van der Waals surface area contributed by atoms with Crippen LogP contribution >= 0.6 is 7.60 Å². The standard InChI is InChI=1S/C34H47N4O9P/c1-3-24-19-34(24,48(42,43)44)37-30(39)27-18-25-20-38(27)32(40)29(21-10-6-4-7-11-21)36-33(41)46-15-9-5-8-12-23-16-26-22(17-28(23)45-2)13-14-35-31(26)47-25/h13-14,16-17,21,24-25,27,29H,3-12,15,18-20H2,1-2H3,(H,36,41)(H,37,39)(H2,42,43,44)/t24?,25-,27+,29+,34?/m1/s1. The number of aryl methyl sites for hydroxylation is 1. The molecule has 14 heteroatoms. The number of amides is 3. The Bertz CT molecular complexity index is 1580. The lowest BCUT2D eigenvalue weighted by Gasteiger charge is -2.34. The number of hydrogen-bond acceptors (Lipinski definition) is 8. The Morgan fingerprint density at radius 3 is 2.65 bits per heavy atom. The van der Waals surface area contributed by atoms with E-state index in [0.29, 0.717) is 18.7 Å². The van der Waals surface area contributed by atoms with E-state index in [0.717, 1.165) is 73.5 Å². The van der Waals surface area contributed by atoms with Crippen LogP contribution in [-0.4, -0.2) is 81.3 Å². The Morgan fingerprint density at radius 1 is 1.17 bits per heavy atom. The number of rotatable bonds is 6. The van der Waals surface area contributed by atoms with Crippen molar-refractivity contribution in [2.75, 3.05) is 20.3 Å². The van der Waals surface area contributed by atoms with Crippen LogP contribution in [0.4, 0.5) is 4.79 Å². The molecule has 5 atom stereocenters. The van der Waals surface area contributed by atoms with Gasteiger partial charge in [-0.2, -0.15) is 0 Å². The fraction of sp³-hybridized carbons (Fsp3) is 0.647. The zero-order chi connectivity index (χ0) is 34.1. The molecule has 48 heavy (non-hydrogen) atoms. The number of alkyl carbamates (subject to hydrolysis) is 1. The molecule has 2 unspecified atom stereocenters. The van der Waals surface area contributed by atoms with Gasteiger partial charge in [0.2, 0.25) is 17.7 Å². The summed E-state index contributed by atoms with van der Waals surface area (Å²) >= 11 is 0. The SMILES string of the molecule is CCC1CC1(NC(=O)[C@@H]1C[C@@H]2CN1C(=O)[C@H](C1CCCCC1)NC(=O)OCCCCCc1cc3c(nccc3cc1OC)O2)P(=O)(O)O. The monoisotopic (exact) mass is 686 g/mol. The first-order valence-electron chi connectivity index (χ1n) is 17.3. The van der Waals surface area contributed by atoms with E-state index in [-0.39, 0.29) is 37.8 Å². The molecule has 2 aromatic rings. The summed E-state index contributed by atoms with van der Waals surface area (Å²) in [5, 5.41) is 5.51. The van der Waals surface area contributed by atoms with Gasteiger partial charge in [0.25, 0.3) is 0 Å². The molecule has 2 saturated carbocycles. The second kappa shape index (κ2) is 14.2. The van der Waals surface area contributed by atoms with Crippen molar-refractivity contribution in [2.45, 2.75) is 107 Å². The predicted octanol–water partition coefficient (Wildman–Crippen LogP) is 4.41. The molecule has 3 amide bonds. The lowest BCUT2D eigenvalue weighted by molar-refractivity contribution is -0.141. The van der Waals surface area contributed by atoms with Crippen LogP contribution in [0, 0.1) is 11.8 Å². The summed E-state index contributed by atoms with van der Waals surface area (Å²) in [7, 11) is -3.08. The van der Waals surface area contributed by atoms with Crippen molar-refractivity contribution >= 4 is 36.3 Å². The van der Waals surface area contributed by atoms with Crippen LogP contribution in [0.15, 0.2) is 24.4 Å². The number of cyclic esters (lactones) is 1. The molecule has 3 fully saturated rings. The molecule has 1 saturated heterocycles. The smallest absolute Gasteiger partial charge is 0.407 e. The minimum Gasteiger partial charge on any atom is -0.496 e.